The van der Waals surface area contributed by atoms with Gasteiger partial charge in [-0.2, -0.15) is 0 Å². The zero-order valence-corrected chi connectivity index (χ0v) is 40.0. The molecule has 2 nitrogen and oxygen atoms in total. The van der Waals surface area contributed by atoms with Crippen molar-refractivity contribution in [2.24, 2.45) is 0 Å². The molecular formula is C60H76N2. The SMILES string of the molecule is CCCC(C)(CCC)c1ccc(N(c2ccc(-c3ccc(N(c4ccc([C@H](C)CC)cc4)c4ccc(C(C)(CCC)CCC)cc4)cc3)cc2)c2ccc(C(C)CC)cc2)cc1. The number of hydrogen-bond acceptors (Lipinski definition) is 2. The fraction of sp³-hybridized carbons (Fsp3) is 0.400. The van der Waals surface area contributed by atoms with Crippen molar-refractivity contribution in [3.05, 3.63) is 168 Å². The fourth-order valence-corrected chi connectivity index (χ4v) is 9.94. The van der Waals surface area contributed by atoms with Crippen molar-refractivity contribution in [1.29, 1.82) is 0 Å². The molecule has 6 aromatic carbocycles. The molecule has 0 radical (unpaired) electrons. The molecule has 0 saturated carbocycles. The summed E-state index contributed by atoms with van der Waals surface area (Å²) in [5.41, 5.74) is 15.5. The van der Waals surface area contributed by atoms with E-state index in [1.165, 1.54) is 107 Å². The van der Waals surface area contributed by atoms with Crippen molar-refractivity contribution >= 4 is 34.1 Å². The predicted molar refractivity (Wildman–Crippen MR) is 273 cm³/mol. The van der Waals surface area contributed by atoms with Crippen molar-refractivity contribution < 1.29 is 0 Å². The van der Waals surface area contributed by atoms with Gasteiger partial charge < -0.3 is 9.80 Å². The Morgan fingerprint density at radius 3 is 0.790 bits per heavy atom. The molecule has 2 atom stereocenters. The lowest BCUT2D eigenvalue weighted by atomic mass is 9.75. The van der Waals surface area contributed by atoms with Gasteiger partial charge in [0, 0.05) is 34.1 Å². The van der Waals surface area contributed by atoms with Crippen molar-refractivity contribution in [2.75, 3.05) is 9.80 Å². The second-order valence-corrected chi connectivity index (χ2v) is 18.8. The Kier molecular flexibility index (Phi) is 16.0. The molecule has 6 rings (SSSR count). The van der Waals surface area contributed by atoms with Crippen LogP contribution in [0.5, 0.6) is 0 Å². The molecule has 0 aliphatic carbocycles. The molecule has 0 spiro atoms. The first-order valence-electron chi connectivity index (χ1n) is 24.2. The minimum Gasteiger partial charge on any atom is -0.311 e. The maximum Gasteiger partial charge on any atom is 0.0462 e. The lowest BCUT2D eigenvalue weighted by Gasteiger charge is -2.31. The molecule has 6 aromatic rings. The zero-order valence-electron chi connectivity index (χ0n) is 40.0. The van der Waals surface area contributed by atoms with Crippen LogP contribution in [0.2, 0.25) is 0 Å². The van der Waals surface area contributed by atoms with Gasteiger partial charge in [-0.1, -0.05) is 168 Å². The van der Waals surface area contributed by atoms with Crippen LogP contribution >= 0.6 is 0 Å². The van der Waals surface area contributed by atoms with Crippen LogP contribution < -0.4 is 9.80 Å². The minimum absolute atomic E-state index is 0.201. The molecule has 0 aromatic heterocycles. The number of nitrogens with zero attached hydrogens (tertiary/aromatic N) is 2. The molecule has 0 aliphatic rings. The Bertz CT molecular complexity index is 2050. The van der Waals surface area contributed by atoms with Crippen molar-refractivity contribution in [3.63, 3.8) is 0 Å². The van der Waals surface area contributed by atoms with Gasteiger partial charge in [-0.25, -0.2) is 0 Å². The number of rotatable bonds is 21. The Labute approximate surface area is 377 Å². The first kappa shape index (κ1) is 46.4. The van der Waals surface area contributed by atoms with Gasteiger partial charge in [0.1, 0.15) is 0 Å². The molecule has 0 amide bonds. The largest absolute Gasteiger partial charge is 0.311 e. The van der Waals surface area contributed by atoms with Crippen molar-refractivity contribution in [1.82, 2.24) is 0 Å². The molecular weight excluding hydrogens is 749 g/mol. The van der Waals surface area contributed by atoms with Crippen LogP contribution in [-0.4, -0.2) is 0 Å². The summed E-state index contributed by atoms with van der Waals surface area (Å²) in [7, 11) is 0. The van der Waals surface area contributed by atoms with Crippen LogP contribution in [0.25, 0.3) is 11.1 Å². The summed E-state index contributed by atoms with van der Waals surface area (Å²) in [6.45, 7) is 23.3. The van der Waals surface area contributed by atoms with Crippen LogP contribution in [0, 0.1) is 0 Å². The third-order valence-electron chi connectivity index (χ3n) is 14.1. The lowest BCUT2D eigenvalue weighted by Crippen LogP contribution is -2.21. The van der Waals surface area contributed by atoms with E-state index < -0.39 is 0 Å². The normalized spacial score (nSPS) is 12.9. The molecule has 2 heteroatoms. The molecule has 0 saturated heterocycles. The van der Waals surface area contributed by atoms with Crippen LogP contribution in [0.4, 0.5) is 34.1 Å². The van der Waals surface area contributed by atoms with E-state index in [-0.39, 0.29) is 10.8 Å². The van der Waals surface area contributed by atoms with Crippen LogP contribution in [-0.2, 0) is 10.8 Å². The number of anilines is 6. The summed E-state index contributed by atoms with van der Waals surface area (Å²) in [5.74, 6) is 1.08. The van der Waals surface area contributed by atoms with Gasteiger partial charge in [-0.15, -0.1) is 0 Å². The average molecular weight is 825 g/mol. The van der Waals surface area contributed by atoms with Crippen molar-refractivity contribution in [3.8, 4) is 11.1 Å². The maximum atomic E-state index is 2.45. The smallest absolute Gasteiger partial charge is 0.0462 e. The van der Waals surface area contributed by atoms with Gasteiger partial charge in [0.2, 0.25) is 0 Å². The summed E-state index contributed by atoms with van der Waals surface area (Å²) in [4.78, 5) is 4.83. The topological polar surface area (TPSA) is 6.48 Å². The zero-order chi connectivity index (χ0) is 44.3. The van der Waals surface area contributed by atoms with E-state index in [9.17, 15) is 0 Å². The van der Waals surface area contributed by atoms with E-state index in [4.69, 9.17) is 0 Å². The van der Waals surface area contributed by atoms with Gasteiger partial charge in [-0.3, -0.25) is 0 Å². The van der Waals surface area contributed by atoms with Gasteiger partial charge in [-0.05, 0) is 167 Å². The third-order valence-corrected chi connectivity index (χ3v) is 14.1. The number of benzene rings is 6. The highest BCUT2D eigenvalue weighted by Crippen LogP contribution is 2.42. The predicted octanol–water partition coefficient (Wildman–Crippen LogP) is 19.0. The van der Waals surface area contributed by atoms with Gasteiger partial charge in [0.15, 0.2) is 0 Å². The summed E-state index contributed by atoms with van der Waals surface area (Å²) in [6.07, 6.45) is 11.9. The minimum atomic E-state index is 0.201. The van der Waals surface area contributed by atoms with Gasteiger partial charge in [0.25, 0.3) is 0 Å². The molecule has 0 N–H and O–H groups in total. The average Bonchev–Trinajstić information content (AvgIpc) is 3.30. The Balaban J connectivity index is 1.33. The van der Waals surface area contributed by atoms with Crippen LogP contribution in [0.1, 0.15) is 168 Å². The first-order chi connectivity index (χ1) is 30.0. The molecule has 326 valence electrons. The molecule has 0 fully saturated rings. The molecule has 0 bridgehead atoms. The van der Waals surface area contributed by atoms with E-state index in [0.29, 0.717) is 11.8 Å². The van der Waals surface area contributed by atoms with E-state index >= 15 is 0 Å². The Morgan fingerprint density at radius 2 is 0.565 bits per heavy atom. The summed E-state index contributed by atoms with van der Waals surface area (Å²) in [5, 5.41) is 0. The maximum absolute atomic E-state index is 2.45. The highest BCUT2D eigenvalue weighted by molar-refractivity contribution is 5.81. The lowest BCUT2D eigenvalue weighted by molar-refractivity contribution is 0.392. The fourth-order valence-electron chi connectivity index (χ4n) is 9.94. The quantitative estimate of drug-likeness (QED) is 0.0713. The molecule has 0 heterocycles. The van der Waals surface area contributed by atoms with Crippen molar-refractivity contribution in [2.45, 2.75) is 156 Å². The first-order valence-corrected chi connectivity index (χ1v) is 24.2. The van der Waals surface area contributed by atoms with E-state index in [1.54, 1.807) is 0 Å². The highest BCUT2D eigenvalue weighted by atomic mass is 15.1. The van der Waals surface area contributed by atoms with E-state index in [2.05, 4.69) is 225 Å². The number of hydrogen-bond donors (Lipinski definition) is 0. The standard InChI is InChI=1S/C60H76N2/c1-11-41-59(9,42-12-2)51-25-37-57(38-26-51)61(53-29-17-47(18-30-53)45(7)15-5)55-33-21-49(22-34-55)50-23-35-56(36-24-50)62(54-31-19-48(20-32-54)46(8)16-6)58-39-27-52(28-40-58)60(10,43-13-3)44-14-4/h17-40,45-46H,11-16,41-44H2,1-10H3/t45-,46?/m1/s1. The van der Waals surface area contributed by atoms with Crippen LogP contribution in [0.3, 0.4) is 0 Å². The Morgan fingerprint density at radius 1 is 0.339 bits per heavy atom. The van der Waals surface area contributed by atoms with Gasteiger partial charge in [0.05, 0.1) is 0 Å². The monoisotopic (exact) mass is 825 g/mol. The summed E-state index contributed by atoms with van der Waals surface area (Å²) < 4.78 is 0. The highest BCUT2D eigenvalue weighted by Gasteiger charge is 2.27. The molecule has 1 unspecified atom stereocenters. The Hall–Kier alpha value is -5.08. The third kappa shape index (κ3) is 10.6. The van der Waals surface area contributed by atoms with Gasteiger partial charge >= 0.3 is 0 Å². The molecule has 0 aliphatic heterocycles. The second-order valence-electron chi connectivity index (χ2n) is 18.8. The van der Waals surface area contributed by atoms with E-state index in [1.807, 2.05) is 0 Å². The second kappa shape index (κ2) is 21.3. The van der Waals surface area contributed by atoms with Crippen LogP contribution in [0.15, 0.2) is 146 Å². The summed E-state index contributed by atoms with van der Waals surface area (Å²) >= 11 is 0. The van der Waals surface area contributed by atoms with E-state index in [0.717, 1.165) is 24.2 Å². The molecule has 62 heavy (non-hydrogen) atoms. The summed E-state index contributed by atoms with van der Waals surface area (Å²) in [6, 6.07) is 55.6.